The average molecular weight is 249 g/mol. The molecule has 6 heteroatoms. The summed E-state index contributed by atoms with van der Waals surface area (Å²) in [6.45, 7) is 3.65. The molecule has 2 heterocycles. The van der Waals surface area contributed by atoms with Crippen molar-refractivity contribution in [1.82, 2.24) is 15.0 Å². The maximum atomic E-state index is 4.26. The van der Waals surface area contributed by atoms with E-state index in [9.17, 15) is 0 Å². The van der Waals surface area contributed by atoms with Gasteiger partial charge in [0.2, 0.25) is 0 Å². The standard InChI is InChI=1S/C11H15N5S/c1-3-12-10-4-11(14-7-13-10)16(2)5-9-6-17-8-15-9/h4,6-8H,3,5H2,1-2H3,(H,12,13,14). The zero-order valence-corrected chi connectivity index (χ0v) is 10.7. The third-order valence-corrected chi connectivity index (χ3v) is 2.92. The molecule has 0 unspecified atom stereocenters. The quantitative estimate of drug-likeness (QED) is 0.878. The van der Waals surface area contributed by atoms with E-state index in [0.717, 1.165) is 30.4 Å². The predicted octanol–water partition coefficient (Wildman–Crippen LogP) is 2.00. The first-order valence-electron chi connectivity index (χ1n) is 5.43. The molecule has 0 fully saturated rings. The van der Waals surface area contributed by atoms with Crippen molar-refractivity contribution < 1.29 is 0 Å². The Labute approximate surface area is 105 Å². The monoisotopic (exact) mass is 249 g/mol. The summed E-state index contributed by atoms with van der Waals surface area (Å²) in [5.41, 5.74) is 2.90. The van der Waals surface area contributed by atoms with Gasteiger partial charge in [-0.2, -0.15) is 0 Å². The van der Waals surface area contributed by atoms with Crippen molar-refractivity contribution in [2.75, 3.05) is 23.8 Å². The van der Waals surface area contributed by atoms with Crippen LogP contribution in [0.4, 0.5) is 11.6 Å². The van der Waals surface area contributed by atoms with Gasteiger partial charge >= 0.3 is 0 Å². The van der Waals surface area contributed by atoms with Crippen LogP contribution >= 0.6 is 11.3 Å². The van der Waals surface area contributed by atoms with Crippen molar-refractivity contribution in [3.63, 3.8) is 0 Å². The minimum absolute atomic E-state index is 0.756. The van der Waals surface area contributed by atoms with Crippen molar-refractivity contribution in [2.24, 2.45) is 0 Å². The number of nitrogens with one attached hydrogen (secondary N) is 1. The first-order chi connectivity index (χ1) is 8.29. The minimum atomic E-state index is 0.756. The summed E-state index contributed by atoms with van der Waals surface area (Å²) in [4.78, 5) is 14.7. The molecule has 0 saturated carbocycles. The van der Waals surface area contributed by atoms with E-state index in [1.54, 1.807) is 17.7 Å². The molecule has 0 saturated heterocycles. The minimum Gasteiger partial charge on any atom is -0.370 e. The van der Waals surface area contributed by atoms with E-state index in [4.69, 9.17) is 0 Å². The third-order valence-electron chi connectivity index (χ3n) is 2.28. The van der Waals surface area contributed by atoms with E-state index in [2.05, 4.69) is 25.2 Å². The lowest BCUT2D eigenvalue weighted by Crippen LogP contribution is -2.18. The van der Waals surface area contributed by atoms with E-state index in [1.807, 2.05) is 30.9 Å². The highest BCUT2D eigenvalue weighted by Gasteiger charge is 2.06. The molecule has 90 valence electrons. The van der Waals surface area contributed by atoms with E-state index in [0.29, 0.717) is 0 Å². The second kappa shape index (κ2) is 5.58. The zero-order chi connectivity index (χ0) is 12.1. The lowest BCUT2D eigenvalue weighted by molar-refractivity contribution is 0.868. The van der Waals surface area contributed by atoms with Crippen LogP contribution in [0.15, 0.2) is 23.3 Å². The normalized spacial score (nSPS) is 10.2. The molecule has 2 aromatic heterocycles. The van der Waals surface area contributed by atoms with E-state index in [1.165, 1.54) is 0 Å². The molecular weight excluding hydrogens is 234 g/mol. The Morgan fingerprint density at radius 1 is 1.35 bits per heavy atom. The lowest BCUT2D eigenvalue weighted by atomic mass is 10.4. The highest BCUT2D eigenvalue weighted by Crippen LogP contribution is 2.15. The summed E-state index contributed by atoms with van der Waals surface area (Å²) < 4.78 is 0. The molecule has 0 aliphatic carbocycles. The van der Waals surface area contributed by atoms with Crippen LogP contribution < -0.4 is 10.2 Å². The largest absolute Gasteiger partial charge is 0.370 e. The topological polar surface area (TPSA) is 53.9 Å². The number of nitrogens with zero attached hydrogens (tertiary/aromatic N) is 4. The van der Waals surface area contributed by atoms with Gasteiger partial charge in [0.25, 0.3) is 0 Å². The fourth-order valence-electron chi connectivity index (χ4n) is 1.47. The first-order valence-corrected chi connectivity index (χ1v) is 6.38. The zero-order valence-electron chi connectivity index (χ0n) is 9.92. The highest BCUT2D eigenvalue weighted by atomic mass is 32.1. The van der Waals surface area contributed by atoms with Gasteiger partial charge in [0.05, 0.1) is 17.7 Å². The molecule has 0 amide bonds. The summed E-state index contributed by atoms with van der Waals surface area (Å²) in [6.07, 6.45) is 1.57. The Morgan fingerprint density at radius 2 is 2.24 bits per heavy atom. The van der Waals surface area contributed by atoms with Gasteiger partial charge in [-0.3, -0.25) is 0 Å². The second-order valence-corrected chi connectivity index (χ2v) is 4.35. The number of aromatic nitrogens is 3. The van der Waals surface area contributed by atoms with E-state index in [-0.39, 0.29) is 0 Å². The lowest BCUT2D eigenvalue weighted by Gasteiger charge is -2.17. The van der Waals surface area contributed by atoms with Crippen LogP contribution in [0.3, 0.4) is 0 Å². The molecule has 0 spiro atoms. The SMILES string of the molecule is CCNc1cc(N(C)Cc2cscn2)ncn1. The molecule has 0 radical (unpaired) electrons. The number of rotatable bonds is 5. The third kappa shape index (κ3) is 3.13. The molecule has 0 atom stereocenters. The van der Waals surface area contributed by atoms with Gasteiger partial charge in [-0.25, -0.2) is 15.0 Å². The van der Waals surface area contributed by atoms with E-state index < -0.39 is 0 Å². The summed E-state index contributed by atoms with van der Waals surface area (Å²) in [5.74, 6) is 1.74. The molecule has 2 aromatic rings. The summed E-state index contributed by atoms with van der Waals surface area (Å²) >= 11 is 1.61. The molecule has 0 bridgehead atoms. The summed E-state index contributed by atoms with van der Waals surface area (Å²) in [7, 11) is 2.00. The van der Waals surface area contributed by atoms with Crippen LogP contribution in [-0.4, -0.2) is 28.5 Å². The number of hydrogen-bond donors (Lipinski definition) is 1. The molecule has 17 heavy (non-hydrogen) atoms. The Morgan fingerprint density at radius 3 is 2.94 bits per heavy atom. The van der Waals surface area contributed by atoms with Gasteiger partial charge < -0.3 is 10.2 Å². The second-order valence-electron chi connectivity index (χ2n) is 3.63. The molecule has 2 rings (SSSR count). The van der Waals surface area contributed by atoms with Crippen molar-refractivity contribution in [3.05, 3.63) is 29.0 Å². The molecule has 1 N–H and O–H groups in total. The van der Waals surface area contributed by atoms with Crippen molar-refractivity contribution in [3.8, 4) is 0 Å². The Hall–Kier alpha value is -1.69. The molecule has 5 nitrogen and oxygen atoms in total. The molecular formula is C11H15N5S. The van der Waals surface area contributed by atoms with Crippen LogP contribution in [0.5, 0.6) is 0 Å². The van der Waals surface area contributed by atoms with Crippen LogP contribution in [0.1, 0.15) is 12.6 Å². The fraction of sp³-hybridized carbons (Fsp3) is 0.364. The Kier molecular flexibility index (Phi) is 3.87. The van der Waals surface area contributed by atoms with Crippen LogP contribution in [0.2, 0.25) is 0 Å². The molecule has 0 aromatic carbocycles. The average Bonchev–Trinajstić information content (AvgIpc) is 2.83. The fourth-order valence-corrected chi connectivity index (χ4v) is 2.02. The van der Waals surface area contributed by atoms with E-state index >= 15 is 0 Å². The maximum Gasteiger partial charge on any atom is 0.134 e. The molecule has 0 aliphatic heterocycles. The Balaban J connectivity index is 2.07. The first kappa shape index (κ1) is 11.8. The number of anilines is 2. The van der Waals surface area contributed by atoms with Crippen molar-refractivity contribution in [2.45, 2.75) is 13.5 Å². The van der Waals surface area contributed by atoms with Crippen LogP contribution in [-0.2, 0) is 6.54 Å². The van der Waals surface area contributed by atoms with Gasteiger partial charge in [-0.15, -0.1) is 11.3 Å². The van der Waals surface area contributed by atoms with Crippen molar-refractivity contribution in [1.29, 1.82) is 0 Å². The smallest absolute Gasteiger partial charge is 0.134 e. The van der Waals surface area contributed by atoms with Crippen LogP contribution in [0.25, 0.3) is 0 Å². The van der Waals surface area contributed by atoms with Gasteiger partial charge in [-0.1, -0.05) is 0 Å². The van der Waals surface area contributed by atoms with Gasteiger partial charge in [0, 0.05) is 25.0 Å². The highest BCUT2D eigenvalue weighted by molar-refractivity contribution is 7.07. The summed E-state index contributed by atoms with van der Waals surface area (Å²) in [5, 5.41) is 5.21. The predicted molar refractivity (Wildman–Crippen MR) is 70.4 cm³/mol. The molecule has 0 aliphatic rings. The van der Waals surface area contributed by atoms with Gasteiger partial charge in [-0.05, 0) is 6.92 Å². The number of thiazole rings is 1. The van der Waals surface area contributed by atoms with Crippen LogP contribution in [0, 0.1) is 0 Å². The number of hydrogen-bond acceptors (Lipinski definition) is 6. The Bertz CT molecular complexity index is 457. The maximum absolute atomic E-state index is 4.26. The van der Waals surface area contributed by atoms with Gasteiger partial charge in [0.15, 0.2) is 0 Å². The summed E-state index contributed by atoms with van der Waals surface area (Å²) in [6, 6.07) is 1.94. The van der Waals surface area contributed by atoms with Gasteiger partial charge in [0.1, 0.15) is 18.0 Å². The van der Waals surface area contributed by atoms with Crippen molar-refractivity contribution >= 4 is 23.0 Å².